The minimum absolute atomic E-state index is 0.239. The van der Waals surface area contributed by atoms with Crippen LogP contribution in [0.1, 0.15) is 29.1 Å². The number of hydrogen-bond donors (Lipinski definition) is 0. The van der Waals surface area contributed by atoms with Crippen molar-refractivity contribution in [2.75, 3.05) is 0 Å². The highest BCUT2D eigenvalue weighted by atomic mass is 32.1. The van der Waals surface area contributed by atoms with Crippen LogP contribution in [0.25, 0.3) is 42.6 Å². The summed E-state index contributed by atoms with van der Waals surface area (Å²) in [6, 6.07) is 22.8. The fraction of sp³-hybridized carbons (Fsp3) is 0.179. The van der Waals surface area contributed by atoms with Gasteiger partial charge in [0, 0.05) is 34.7 Å². The molecule has 0 bridgehead atoms. The molecule has 0 N–H and O–H groups in total. The molecule has 0 unspecified atom stereocenters. The average Bonchev–Trinajstić information content (AvgIpc) is 3.17. The van der Waals surface area contributed by atoms with Gasteiger partial charge in [-0.05, 0) is 58.8 Å². The molecule has 5 rings (SSSR count). The normalized spacial score (nSPS) is 13.4. The molecule has 0 saturated carbocycles. The van der Waals surface area contributed by atoms with Crippen molar-refractivity contribution in [3.63, 3.8) is 0 Å². The quantitative estimate of drug-likeness (QED) is 0.281. The van der Waals surface area contributed by atoms with Crippen molar-refractivity contribution >= 4 is 31.5 Å². The third-order valence-electron chi connectivity index (χ3n) is 5.23. The number of halogens is 1. The summed E-state index contributed by atoms with van der Waals surface area (Å²) in [4.78, 5) is 4.60. The van der Waals surface area contributed by atoms with E-state index in [4.69, 9.17) is 2.74 Å². The Morgan fingerprint density at radius 3 is 2.45 bits per heavy atom. The van der Waals surface area contributed by atoms with Crippen LogP contribution in [0.2, 0.25) is 0 Å². The number of hydrogen-bond acceptors (Lipinski definition) is 2. The Hall–Kier alpha value is -3.04. The molecular formula is C28H24FNS. The summed E-state index contributed by atoms with van der Waals surface area (Å²) in [5.74, 6) is -0.239. The van der Waals surface area contributed by atoms with Crippen LogP contribution in [0.5, 0.6) is 0 Å². The molecule has 2 heterocycles. The molecule has 0 aliphatic carbocycles. The third kappa shape index (κ3) is 3.98. The first-order valence-corrected chi connectivity index (χ1v) is 11.1. The van der Waals surface area contributed by atoms with Gasteiger partial charge in [-0.2, -0.15) is 0 Å². The number of nitrogens with zero attached hydrogens (tertiary/aromatic N) is 1. The maximum absolute atomic E-state index is 13.3. The third-order valence-corrected chi connectivity index (χ3v) is 6.43. The predicted octanol–water partition coefficient (Wildman–Crippen LogP) is 8.51. The van der Waals surface area contributed by atoms with Gasteiger partial charge in [-0.25, -0.2) is 4.39 Å². The number of fused-ring (bicyclic) bond motifs is 3. The van der Waals surface area contributed by atoms with Gasteiger partial charge in [0.25, 0.3) is 0 Å². The van der Waals surface area contributed by atoms with Gasteiger partial charge in [-0.1, -0.05) is 63.2 Å². The molecule has 0 aliphatic heterocycles. The highest BCUT2D eigenvalue weighted by Gasteiger charge is 2.15. The van der Waals surface area contributed by atoms with Crippen LogP contribution < -0.4 is 0 Å². The maximum Gasteiger partial charge on any atom is 0.123 e. The summed E-state index contributed by atoms with van der Waals surface area (Å²) in [6.45, 7) is 5.75. The first-order chi connectivity index (χ1) is 15.6. The van der Waals surface area contributed by atoms with E-state index < -0.39 is 11.8 Å². The Bertz CT molecular complexity index is 1480. The van der Waals surface area contributed by atoms with Crippen molar-refractivity contribution < 1.29 is 7.13 Å². The molecular weight excluding hydrogens is 401 g/mol. The molecule has 0 radical (unpaired) electrons. The van der Waals surface area contributed by atoms with Crippen LogP contribution in [0.4, 0.5) is 4.39 Å². The largest absolute Gasteiger partial charge is 0.256 e. The van der Waals surface area contributed by atoms with Gasteiger partial charge in [0.05, 0.1) is 5.69 Å². The van der Waals surface area contributed by atoms with E-state index in [1.165, 1.54) is 17.5 Å². The Kier molecular flexibility index (Phi) is 4.31. The molecule has 2 aromatic heterocycles. The minimum Gasteiger partial charge on any atom is -0.256 e. The van der Waals surface area contributed by atoms with E-state index in [0.717, 1.165) is 37.2 Å². The summed E-state index contributed by atoms with van der Waals surface area (Å²) in [6.07, 6.45) is 0.218. The van der Waals surface area contributed by atoms with Crippen LogP contribution in [0.3, 0.4) is 0 Å². The number of pyridine rings is 1. The Morgan fingerprint density at radius 1 is 0.903 bits per heavy atom. The fourth-order valence-corrected chi connectivity index (χ4v) is 5.17. The van der Waals surface area contributed by atoms with Crippen LogP contribution in [0, 0.1) is 11.2 Å². The van der Waals surface area contributed by atoms with Gasteiger partial charge in [-0.3, -0.25) is 4.98 Å². The Balaban J connectivity index is 1.65. The first kappa shape index (κ1) is 17.6. The smallest absolute Gasteiger partial charge is 0.123 e. The van der Waals surface area contributed by atoms with Crippen molar-refractivity contribution in [1.82, 2.24) is 4.98 Å². The average molecular weight is 428 g/mol. The monoisotopic (exact) mass is 427 g/mol. The summed E-state index contributed by atoms with van der Waals surface area (Å²) in [5.41, 5.74) is 3.91. The summed E-state index contributed by atoms with van der Waals surface area (Å²) in [5, 5.41) is 2.33. The number of rotatable bonds is 3. The van der Waals surface area contributed by atoms with Crippen molar-refractivity contribution in [3.8, 4) is 22.4 Å². The molecule has 5 aromatic rings. The molecule has 0 spiro atoms. The van der Waals surface area contributed by atoms with Crippen molar-refractivity contribution in [3.05, 3.63) is 90.4 Å². The van der Waals surface area contributed by atoms with E-state index in [9.17, 15) is 4.39 Å². The lowest BCUT2D eigenvalue weighted by Gasteiger charge is -2.18. The zero-order chi connectivity index (χ0) is 23.4. The van der Waals surface area contributed by atoms with E-state index >= 15 is 0 Å². The summed E-state index contributed by atoms with van der Waals surface area (Å²) in [7, 11) is 0. The predicted molar refractivity (Wildman–Crippen MR) is 131 cm³/mol. The lowest BCUT2D eigenvalue weighted by Crippen LogP contribution is -2.09. The minimum atomic E-state index is -1.48. The lowest BCUT2D eigenvalue weighted by molar-refractivity contribution is 0.411. The topological polar surface area (TPSA) is 12.9 Å². The van der Waals surface area contributed by atoms with Crippen LogP contribution >= 0.6 is 11.3 Å². The molecule has 0 atom stereocenters. The molecule has 0 aliphatic rings. The first-order valence-electron chi connectivity index (χ1n) is 11.3. The molecule has 0 amide bonds. The van der Waals surface area contributed by atoms with Crippen molar-refractivity contribution in [1.29, 1.82) is 0 Å². The zero-order valence-corrected chi connectivity index (χ0v) is 18.6. The maximum atomic E-state index is 13.3. The molecule has 1 nitrogen and oxygen atoms in total. The van der Waals surface area contributed by atoms with Crippen molar-refractivity contribution in [2.24, 2.45) is 5.41 Å². The van der Waals surface area contributed by atoms with Gasteiger partial charge in [0.2, 0.25) is 0 Å². The van der Waals surface area contributed by atoms with Gasteiger partial charge < -0.3 is 0 Å². The summed E-state index contributed by atoms with van der Waals surface area (Å²) < 4.78 is 33.0. The van der Waals surface area contributed by atoms with E-state index in [1.54, 1.807) is 35.7 Å². The van der Waals surface area contributed by atoms with Crippen molar-refractivity contribution in [2.45, 2.75) is 27.1 Å². The number of thiophene rings is 1. The molecule has 3 aromatic carbocycles. The molecule has 3 heteroatoms. The van der Waals surface area contributed by atoms with Crippen LogP contribution in [0.15, 0.2) is 79.0 Å². The molecule has 31 heavy (non-hydrogen) atoms. The fourth-order valence-electron chi connectivity index (χ4n) is 3.91. The standard InChI is InChI=1S/C28H24FNS/c1-28(2,3)17-18-13-14-30-25(15-18)24-6-4-5-23-22-12-9-20(16-26(22)31-27(23)24)19-7-10-21(29)11-8-19/h4-16H,17H2,1-3H3/i17D2. The van der Waals surface area contributed by atoms with E-state index in [2.05, 4.69) is 35.3 Å². The zero-order valence-electron chi connectivity index (χ0n) is 19.7. The van der Waals surface area contributed by atoms with E-state index in [1.807, 2.05) is 32.9 Å². The Morgan fingerprint density at radius 2 is 1.68 bits per heavy atom. The second kappa shape index (κ2) is 7.58. The lowest BCUT2D eigenvalue weighted by atomic mass is 9.88. The number of benzene rings is 3. The molecule has 0 saturated heterocycles. The van der Waals surface area contributed by atoms with E-state index in [-0.39, 0.29) is 5.82 Å². The van der Waals surface area contributed by atoms with Gasteiger partial charge in [-0.15, -0.1) is 11.3 Å². The second-order valence-corrected chi connectivity index (χ2v) is 9.86. The Labute approximate surface area is 189 Å². The molecule has 0 fully saturated rings. The highest BCUT2D eigenvalue weighted by Crippen LogP contribution is 2.41. The highest BCUT2D eigenvalue weighted by molar-refractivity contribution is 7.26. The van der Waals surface area contributed by atoms with Crippen LogP contribution in [-0.2, 0) is 6.37 Å². The molecule has 154 valence electrons. The van der Waals surface area contributed by atoms with E-state index in [0.29, 0.717) is 5.56 Å². The van der Waals surface area contributed by atoms with Gasteiger partial charge in [0.15, 0.2) is 0 Å². The van der Waals surface area contributed by atoms with Gasteiger partial charge >= 0.3 is 0 Å². The number of aromatic nitrogens is 1. The summed E-state index contributed by atoms with van der Waals surface area (Å²) >= 11 is 1.71. The second-order valence-electron chi connectivity index (χ2n) is 8.81. The van der Waals surface area contributed by atoms with Crippen LogP contribution in [-0.4, -0.2) is 4.98 Å². The van der Waals surface area contributed by atoms with Gasteiger partial charge in [0.1, 0.15) is 5.82 Å². The SMILES string of the molecule is [2H]C([2H])(c1ccnc(-c2cccc3c2sc2cc(-c4ccc(F)cc4)ccc23)c1)C(C)(C)C.